The van der Waals surface area contributed by atoms with Gasteiger partial charge in [0.1, 0.15) is 0 Å². The lowest BCUT2D eigenvalue weighted by atomic mass is 10.1. The van der Waals surface area contributed by atoms with Crippen molar-refractivity contribution in [3.63, 3.8) is 0 Å². The summed E-state index contributed by atoms with van der Waals surface area (Å²) in [7, 11) is -3.52. The molecule has 0 atom stereocenters. The first-order chi connectivity index (χ1) is 13.3. The lowest BCUT2D eigenvalue weighted by Crippen LogP contribution is -2.50. The molecule has 1 aliphatic rings. The molecule has 7 heteroatoms. The fourth-order valence-electron chi connectivity index (χ4n) is 3.30. The van der Waals surface area contributed by atoms with Crippen molar-refractivity contribution >= 4 is 31.9 Å². The molecule has 1 amide bonds. The Morgan fingerprint density at radius 1 is 1.00 bits per heavy atom. The Morgan fingerprint density at radius 2 is 1.71 bits per heavy atom. The van der Waals surface area contributed by atoms with Crippen molar-refractivity contribution in [3.8, 4) is 0 Å². The maximum Gasteiger partial charge on any atom is 0.243 e. The molecule has 150 valence electrons. The maximum atomic E-state index is 12.9. The molecule has 2 aromatic carbocycles. The molecule has 0 saturated carbocycles. The van der Waals surface area contributed by atoms with Crippen molar-refractivity contribution in [1.82, 2.24) is 9.21 Å². The molecule has 0 aliphatic carbocycles. The molecular weight excluding hydrogens is 440 g/mol. The summed E-state index contributed by atoms with van der Waals surface area (Å²) in [4.78, 5) is 14.6. The summed E-state index contributed by atoms with van der Waals surface area (Å²) in [5.74, 6) is 0.0724. The highest BCUT2D eigenvalue weighted by molar-refractivity contribution is 9.10. The first-order valence-electron chi connectivity index (χ1n) is 9.37. The van der Waals surface area contributed by atoms with Gasteiger partial charge in [-0.05, 0) is 61.2 Å². The highest BCUT2D eigenvalue weighted by Crippen LogP contribution is 2.21. The smallest absolute Gasteiger partial charge is 0.243 e. The highest BCUT2D eigenvalue weighted by Gasteiger charge is 2.30. The van der Waals surface area contributed by atoms with Crippen molar-refractivity contribution in [2.24, 2.45) is 0 Å². The first kappa shape index (κ1) is 21.0. The van der Waals surface area contributed by atoms with Gasteiger partial charge in [0.05, 0.1) is 4.90 Å². The fourth-order valence-corrected chi connectivity index (χ4v) is 5.26. The van der Waals surface area contributed by atoms with Crippen LogP contribution in [0, 0.1) is 13.8 Å². The van der Waals surface area contributed by atoms with Crippen LogP contribution in [0.25, 0.3) is 0 Å². The average Bonchev–Trinajstić information content (AvgIpc) is 2.68. The summed E-state index contributed by atoms with van der Waals surface area (Å²) in [5, 5.41) is 0. The lowest BCUT2D eigenvalue weighted by molar-refractivity contribution is -0.132. The van der Waals surface area contributed by atoms with Crippen LogP contribution in [-0.2, 0) is 21.2 Å². The highest BCUT2D eigenvalue weighted by atomic mass is 79.9. The van der Waals surface area contributed by atoms with Gasteiger partial charge in [-0.25, -0.2) is 8.42 Å². The minimum absolute atomic E-state index is 0.0724. The van der Waals surface area contributed by atoms with E-state index >= 15 is 0 Å². The molecule has 1 aliphatic heterocycles. The van der Waals surface area contributed by atoms with Gasteiger partial charge in [0.15, 0.2) is 0 Å². The Balaban J connectivity index is 1.57. The molecule has 0 N–H and O–H groups in total. The van der Waals surface area contributed by atoms with E-state index in [2.05, 4.69) is 15.9 Å². The lowest BCUT2D eigenvalue weighted by Gasteiger charge is -2.34. The van der Waals surface area contributed by atoms with E-state index in [1.807, 2.05) is 44.2 Å². The molecule has 1 fully saturated rings. The van der Waals surface area contributed by atoms with Crippen LogP contribution in [0.4, 0.5) is 0 Å². The normalized spacial score (nSPS) is 15.6. The van der Waals surface area contributed by atoms with Gasteiger partial charge >= 0.3 is 0 Å². The number of carbonyl (C=O) groups is 1. The predicted molar refractivity (Wildman–Crippen MR) is 114 cm³/mol. The van der Waals surface area contributed by atoms with E-state index in [1.54, 1.807) is 17.0 Å². The molecule has 0 unspecified atom stereocenters. The largest absolute Gasteiger partial charge is 0.340 e. The molecule has 2 aromatic rings. The summed E-state index contributed by atoms with van der Waals surface area (Å²) < 4.78 is 28.3. The van der Waals surface area contributed by atoms with E-state index in [4.69, 9.17) is 0 Å². The Morgan fingerprint density at radius 3 is 2.36 bits per heavy atom. The van der Waals surface area contributed by atoms with Gasteiger partial charge < -0.3 is 4.90 Å². The average molecular weight is 465 g/mol. The van der Waals surface area contributed by atoms with Gasteiger partial charge in [-0.15, -0.1) is 0 Å². The molecule has 1 saturated heterocycles. The van der Waals surface area contributed by atoms with E-state index in [1.165, 1.54) is 4.31 Å². The topological polar surface area (TPSA) is 57.7 Å². The molecule has 1 heterocycles. The van der Waals surface area contributed by atoms with Gasteiger partial charge in [0.25, 0.3) is 0 Å². The predicted octanol–water partition coefficient (Wildman–Crippen LogP) is 3.53. The molecule has 0 aromatic heterocycles. The molecular formula is C21H25BrN2O3S. The SMILES string of the molecule is Cc1ccc(S(=O)(=O)N2CCN(C(=O)CCc3cccc(Br)c3)CC2)cc1C. The van der Waals surface area contributed by atoms with Crippen molar-refractivity contribution in [2.75, 3.05) is 26.2 Å². The minimum Gasteiger partial charge on any atom is -0.340 e. The summed E-state index contributed by atoms with van der Waals surface area (Å²) in [6.07, 6.45) is 1.11. The van der Waals surface area contributed by atoms with E-state index in [9.17, 15) is 13.2 Å². The van der Waals surface area contributed by atoms with Crippen LogP contribution in [0.15, 0.2) is 51.8 Å². The van der Waals surface area contributed by atoms with Gasteiger partial charge in [-0.3, -0.25) is 4.79 Å². The number of halogens is 1. The Labute approximate surface area is 175 Å². The van der Waals surface area contributed by atoms with E-state index in [0.717, 1.165) is 21.2 Å². The van der Waals surface area contributed by atoms with E-state index in [-0.39, 0.29) is 5.91 Å². The van der Waals surface area contributed by atoms with Crippen LogP contribution in [-0.4, -0.2) is 49.7 Å². The first-order valence-corrected chi connectivity index (χ1v) is 11.6. The van der Waals surface area contributed by atoms with E-state index in [0.29, 0.717) is 43.9 Å². The molecule has 28 heavy (non-hydrogen) atoms. The van der Waals surface area contributed by atoms with Gasteiger partial charge in [-0.1, -0.05) is 34.1 Å². The van der Waals surface area contributed by atoms with Gasteiger partial charge in [0.2, 0.25) is 15.9 Å². The van der Waals surface area contributed by atoms with Crippen molar-refractivity contribution in [3.05, 3.63) is 63.6 Å². The monoisotopic (exact) mass is 464 g/mol. The molecule has 3 rings (SSSR count). The summed E-state index contributed by atoms with van der Waals surface area (Å²) in [6.45, 7) is 5.40. The molecule has 0 bridgehead atoms. The second-order valence-corrected chi connectivity index (χ2v) is 10.0. The zero-order chi connectivity index (χ0) is 20.3. The Bertz CT molecular complexity index is 967. The third-order valence-corrected chi connectivity index (χ3v) is 7.61. The van der Waals surface area contributed by atoms with Crippen LogP contribution in [0.1, 0.15) is 23.1 Å². The summed E-state index contributed by atoms with van der Waals surface area (Å²) in [6, 6.07) is 13.2. The van der Waals surface area contributed by atoms with Gasteiger partial charge in [-0.2, -0.15) is 4.31 Å². The van der Waals surface area contributed by atoms with Crippen LogP contribution in [0.5, 0.6) is 0 Å². The second-order valence-electron chi connectivity index (χ2n) is 7.16. The van der Waals surface area contributed by atoms with Crippen LogP contribution >= 0.6 is 15.9 Å². The number of benzene rings is 2. The molecule has 5 nitrogen and oxygen atoms in total. The number of carbonyl (C=O) groups excluding carboxylic acids is 1. The zero-order valence-electron chi connectivity index (χ0n) is 16.2. The van der Waals surface area contributed by atoms with Crippen molar-refractivity contribution < 1.29 is 13.2 Å². The Kier molecular flexibility index (Phi) is 6.58. The number of sulfonamides is 1. The van der Waals surface area contributed by atoms with Crippen molar-refractivity contribution in [2.45, 2.75) is 31.6 Å². The number of nitrogens with zero attached hydrogens (tertiary/aromatic N) is 2. The third kappa shape index (κ3) is 4.82. The molecule has 0 radical (unpaired) electrons. The van der Waals surface area contributed by atoms with Crippen molar-refractivity contribution in [1.29, 1.82) is 0 Å². The van der Waals surface area contributed by atoms with Crippen LogP contribution < -0.4 is 0 Å². The second kappa shape index (κ2) is 8.76. The number of aryl methyl sites for hydroxylation is 3. The number of piperazine rings is 1. The number of hydrogen-bond donors (Lipinski definition) is 0. The third-order valence-electron chi connectivity index (χ3n) is 5.22. The number of rotatable bonds is 5. The number of amides is 1. The van der Waals surface area contributed by atoms with Crippen LogP contribution in [0.3, 0.4) is 0 Å². The number of hydrogen-bond acceptors (Lipinski definition) is 3. The Hall–Kier alpha value is -1.70. The minimum atomic E-state index is -3.52. The quantitative estimate of drug-likeness (QED) is 0.679. The summed E-state index contributed by atoms with van der Waals surface area (Å²) in [5.41, 5.74) is 3.14. The van der Waals surface area contributed by atoms with Gasteiger partial charge in [0, 0.05) is 37.1 Å². The maximum absolute atomic E-state index is 12.9. The summed E-state index contributed by atoms with van der Waals surface area (Å²) >= 11 is 3.44. The standard InChI is InChI=1S/C21H25BrN2O3S/c1-16-6-8-20(14-17(16)2)28(26,27)24-12-10-23(11-13-24)21(25)9-7-18-4-3-5-19(22)15-18/h3-6,8,14-15H,7,9-13H2,1-2H3. The zero-order valence-corrected chi connectivity index (χ0v) is 18.6. The van der Waals surface area contributed by atoms with Crippen LogP contribution in [0.2, 0.25) is 0 Å². The van der Waals surface area contributed by atoms with E-state index < -0.39 is 10.0 Å². The molecule has 0 spiro atoms. The fraction of sp³-hybridized carbons (Fsp3) is 0.381.